The van der Waals surface area contributed by atoms with E-state index in [0.29, 0.717) is 5.69 Å². The Morgan fingerprint density at radius 3 is 2.93 bits per heavy atom. The van der Waals surface area contributed by atoms with Crippen molar-refractivity contribution in [3.05, 3.63) is 29.8 Å². The van der Waals surface area contributed by atoms with Gasteiger partial charge in [0.2, 0.25) is 0 Å². The molecule has 0 bridgehead atoms. The van der Waals surface area contributed by atoms with Gasteiger partial charge in [-0.3, -0.25) is 0 Å². The number of nitrogen functional groups attached to an aromatic ring is 1. The lowest BCUT2D eigenvalue weighted by Gasteiger charge is -2.28. The maximum absolute atomic E-state index is 10.2. The van der Waals surface area contributed by atoms with E-state index in [4.69, 9.17) is 5.73 Å². The maximum Gasteiger partial charge on any atom is 0.0943 e. The van der Waals surface area contributed by atoms with Crippen molar-refractivity contribution in [2.45, 2.75) is 31.4 Å². The average Bonchev–Trinajstić information content (AvgIpc) is 2.29. The van der Waals surface area contributed by atoms with Crippen LogP contribution in [-0.4, -0.2) is 17.7 Å². The molecule has 15 heavy (non-hydrogen) atoms. The quantitative estimate of drug-likeness (QED) is 0.642. The van der Waals surface area contributed by atoms with Crippen LogP contribution in [0, 0.1) is 0 Å². The zero-order valence-electron chi connectivity index (χ0n) is 8.82. The number of piperidine rings is 1. The molecule has 1 aromatic rings. The van der Waals surface area contributed by atoms with E-state index in [9.17, 15) is 5.11 Å². The van der Waals surface area contributed by atoms with Crippen molar-refractivity contribution in [2.24, 2.45) is 0 Å². The summed E-state index contributed by atoms with van der Waals surface area (Å²) in [7, 11) is 0. The predicted molar refractivity (Wildman–Crippen MR) is 61.5 cm³/mol. The molecule has 3 nitrogen and oxygen atoms in total. The lowest BCUT2D eigenvalue weighted by Crippen LogP contribution is -2.38. The van der Waals surface area contributed by atoms with Crippen LogP contribution in [0.15, 0.2) is 24.3 Å². The normalized spacial score (nSPS) is 23.7. The molecule has 1 saturated heterocycles. The SMILES string of the molecule is Nc1cccc(C(O)C2CCCCN2)c1. The minimum absolute atomic E-state index is 0.181. The first kappa shape index (κ1) is 10.5. The predicted octanol–water partition coefficient (Wildman–Crippen LogP) is 1.44. The molecule has 1 fully saturated rings. The third-order valence-corrected chi connectivity index (χ3v) is 2.98. The minimum atomic E-state index is -0.436. The Labute approximate surface area is 90.3 Å². The highest BCUT2D eigenvalue weighted by atomic mass is 16.3. The van der Waals surface area contributed by atoms with Gasteiger partial charge in [0.1, 0.15) is 0 Å². The van der Waals surface area contributed by atoms with E-state index in [1.165, 1.54) is 12.8 Å². The third-order valence-electron chi connectivity index (χ3n) is 2.98. The van der Waals surface area contributed by atoms with Crippen molar-refractivity contribution < 1.29 is 5.11 Å². The Hall–Kier alpha value is -1.06. The van der Waals surface area contributed by atoms with Crippen LogP contribution in [0.5, 0.6) is 0 Å². The highest BCUT2D eigenvalue weighted by molar-refractivity contribution is 5.41. The van der Waals surface area contributed by atoms with Gasteiger partial charge in [0.05, 0.1) is 6.10 Å². The summed E-state index contributed by atoms with van der Waals surface area (Å²) >= 11 is 0. The standard InChI is InChI=1S/C12H18N2O/c13-10-5-3-4-9(8-10)12(15)11-6-1-2-7-14-11/h3-5,8,11-12,14-15H,1-2,6-7,13H2. The first-order valence-electron chi connectivity index (χ1n) is 5.54. The fraction of sp³-hybridized carbons (Fsp3) is 0.500. The fourth-order valence-electron chi connectivity index (χ4n) is 2.12. The van der Waals surface area contributed by atoms with E-state index in [1.807, 2.05) is 24.3 Å². The Balaban J connectivity index is 2.08. The molecule has 0 saturated carbocycles. The fourth-order valence-corrected chi connectivity index (χ4v) is 2.12. The van der Waals surface area contributed by atoms with Crippen molar-refractivity contribution >= 4 is 5.69 Å². The van der Waals surface area contributed by atoms with Crippen molar-refractivity contribution in [3.8, 4) is 0 Å². The highest BCUT2D eigenvalue weighted by Crippen LogP contribution is 2.23. The van der Waals surface area contributed by atoms with E-state index in [0.717, 1.165) is 18.5 Å². The molecule has 4 N–H and O–H groups in total. The zero-order chi connectivity index (χ0) is 10.7. The summed E-state index contributed by atoms with van der Waals surface area (Å²) in [5, 5.41) is 13.5. The minimum Gasteiger partial charge on any atom is -0.399 e. The second kappa shape index (κ2) is 4.64. The van der Waals surface area contributed by atoms with E-state index in [-0.39, 0.29) is 6.04 Å². The lowest BCUT2D eigenvalue weighted by molar-refractivity contribution is 0.114. The highest BCUT2D eigenvalue weighted by Gasteiger charge is 2.22. The Morgan fingerprint density at radius 1 is 1.40 bits per heavy atom. The number of nitrogens with two attached hydrogens (primary N) is 1. The second-order valence-electron chi connectivity index (χ2n) is 4.17. The van der Waals surface area contributed by atoms with Gasteiger partial charge < -0.3 is 16.2 Å². The summed E-state index contributed by atoms with van der Waals surface area (Å²) in [5.41, 5.74) is 7.32. The van der Waals surface area contributed by atoms with Crippen LogP contribution < -0.4 is 11.1 Å². The summed E-state index contributed by atoms with van der Waals surface area (Å²) in [6.07, 6.45) is 3.00. The number of anilines is 1. The average molecular weight is 206 g/mol. The van der Waals surface area contributed by atoms with Crippen molar-refractivity contribution in [2.75, 3.05) is 12.3 Å². The van der Waals surface area contributed by atoms with Gasteiger partial charge in [0, 0.05) is 11.7 Å². The van der Waals surface area contributed by atoms with Crippen LogP contribution >= 0.6 is 0 Å². The summed E-state index contributed by atoms with van der Waals surface area (Å²) in [6, 6.07) is 7.68. The Bertz CT molecular complexity index is 321. The van der Waals surface area contributed by atoms with Gasteiger partial charge in [-0.2, -0.15) is 0 Å². The Kier molecular flexibility index (Phi) is 3.23. The van der Waals surface area contributed by atoms with Crippen molar-refractivity contribution in [3.63, 3.8) is 0 Å². The molecule has 2 rings (SSSR count). The molecule has 1 heterocycles. The number of aliphatic hydroxyl groups excluding tert-OH is 1. The molecule has 0 spiro atoms. The van der Waals surface area contributed by atoms with Gasteiger partial charge in [0.15, 0.2) is 0 Å². The largest absolute Gasteiger partial charge is 0.399 e. The number of benzene rings is 1. The molecule has 82 valence electrons. The van der Waals surface area contributed by atoms with Crippen molar-refractivity contribution in [1.29, 1.82) is 0 Å². The van der Waals surface area contributed by atoms with Gasteiger partial charge in [-0.25, -0.2) is 0 Å². The zero-order valence-corrected chi connectivity index (χ0v) is 8.82. The first-order chi connectivity index (χ1) is 7.27. The molecule has 1 aromatic carbocycles. The van der Waals surface area contributed by atoms with E-state index in [1.54, 1.807) is 0 Å². The monoisotopic (exact) mass is 206 g/mol. The van der Waals surface area contributed by atoms with Crippen LogP contribution in [-0.2, 0) is 0 Å². The van der Waals surface area contributed by atoms with Crippen LogP contribution in [0.3, 0.4) is 0 Å². The number of rotatable bonds is 2. The number of hydrogen-bond donors (Lipinski definition) is 3. The molecule has 2 unspecified atom stereocenters. The van der Waals surface area contributed by atoms with Gasteiger partial charge in [-0.05, 0) is 37.1 Å². The van der Waals surface area contributed by atoms with E-state index in [2.05, 4.69) is 5.32 Å². The summed E-state index contributed by atoms with van der Waals surface area (Å²) in [4.78, 5) is 0. The number of nitrogens with one attached hydrogen (secondary N) is 1. The van der Waals surface area contributed by atoms with Crippen LogP contribution in [0.2, 0.25) is 0 Å². The van der Waals surface area contributed by atoms with Crippen LogP contribution in [0.25, 0.3) is 0 Å². The molecule has 3 heteroatoms. The molecule has 0 radical (unpaired) electrons. The Morgan fingerprint density at radius 2 is 2.27 bits per heavy atom. The second-order valence-corrected chi connectivity index (χ2v) is 4.17. The van der Waals surface area contributed by atoms with Gasteiger partial charge >= 0.3 is 0 Å². The van der Waals surface area contributed by atoms with Crippen molar-refractivity contribution in [1.82, 2.24) is 5.32 Å². The molecule has 1 aliphatic rings. The molecule has 2 atom stereocenters. The smallest absolute Gasteiger partial charge is 0.0943 e. The van der Waals surface area contributed by atoms with Gasteiger partial charge in [-0.1, -0.05) is 18.6 Å². The molecule has 0 aliphatic carbocycles. The van der Waals surface area contributed by atoms with E-state index < -0.39 is 6.10 Å². The maximum atomic E-state index is 10.2. The van der Waals surface area contributed by atoms with Crippen LogP contribution in [0.4, 0.5) is 5.69 Å². The summed E-state index contributed by atoms with van der Waals surface area (Å²) in [5.74, 6) is 0. The van der Waals surface area contributed by atoms with Crippen LogP contribution in [0.1, 0.15) is 30.9 Å². The first-order valence-corrected chi connectivity index (χ1v) is 5.54. The molecule has 0 amide bonds. The van der Waals surface area contributed by atoms with Gasteiger partial charge in [-0.15, -0.1) is 0 Å². The van der Waals surface area contributed by atoms with E-state index >= 15 is 0 Å². The number of hydrogen-bond acceptors (Lipinski definition) is 3. The third kappa shape index (κ3) is 2.49. The number of aliphatic hydroxyl groups is 1. The molecule has 1 aliphatic heterocycles. The molecule has 0 aromatic heterocycles. The summed E-state index contributed by atoms with van der Waals surface area (Å²) < 4.78 is 0. The lowest BCUT2D eigenvalue weighted by atomic mass is 9.95. The topological polar surface area (TPSA) is 58.3 Å². The van der Waals surface area contributed by atoms with Gasteiger partial charge in [0.25, 0.3) is 0 Å². The molecular weight excluding hydrogens is 188 g/mol. The molecular formula is C12H18N2O. The summed E-state index contributed by atoms with van der Waals surface area (Å²) in [6.45, 7) is 1.00.